The molecule has 50 heavy (non-hydrogen) atoms. The van der Waals surface area contributed by atoms with E-state index in [0.29, 0.717) is 22.3 Å². The van der Waals surface area contributed by atoms with Crippen molar-refractivity contribution in [1.82, 2.24) is 0 Å². The molecule has 0 amide bonds. The minimum absolute atomic E-state index is 0.578. The van der Waals surface area contributed by atoms with E-state index in [1.807, 2.05) is 86.6 Å². The molecule has 8 aromatic rings. The molecule has 0 atom stereocenters. The van der Waals surface area contributed by atoms with Gasteiger partial charge in [-0.25, -0.2) is 0 Å². The van der Waals surface area contributed by atoms with Crippen molar-refractivity contribution in [1.29, 1.82) is 21.0 Å². The summed E-state index contributed by atoms with van der Waals surface area (Å²) in [5, 5.41) is 47.5. The van der Waals surface area contributed by atoms with Gasteiger partial charge in [0, 0.05) is 5.39 Å². The molecule has 8 aromatic carbocycles. The molecule has 0 saturated carbocycles. The van der Waals surface area contributed by atoms with E-state index in [4.69, 9.17) is 0 Å². The van der Waals surface area contributed by atoms with Crippen molar-refractivity contribution < 1.29 is 0 Å². The number of hydrogen-bond acceptors (Lipinski definition) is 4. The second-order valence-corrected chi connectivity index (χ2v) is 13.0. The second kappa shape index (κ2) is 10.6. The van der Waals surface area contributed by atoms with Crippen LogP contribution in [-0.2, 0) is 0 Å². The Kier molecular flexibility index (Phi) is 6.16. The lowest BCUT2D eigenvalue weighted by atomic mass is 9.84. The van der Waals surface area contributed by atoms with Crippen LogP contribution in [-0.4, -0.2) is 0 Å². The van der Waals surface area contributed by atoms with Crippen molar-refractivity contribution in [2.45, 2.75) is 13.8 Å². The number of rotatable bonds is 2. The van der Waals surface area contributed by atoms with Gasteiger partial charge in [0.05, 0.1) is 46.5 Å². The molecule has 0 bridgehead atoms. The van der Waals surface area contributed by atoms with Crippen molar-refractivity contribution in [2.75, 3.05) is 0 Å². The summed E-state index contributed by atoms with van der Waals surface area (Å²) < 4.78 is 0. The molecule has 9 rings (SSSR count). The zero-order chi connectivity index (χ0) is 34.3. The Morgan fingerprint density at radius 1 is 0.340 bits per heavy atom. The maximum Gasteiger partial charge on any atom is 0.0998 e. The third-order valence-electron chi connectivity index (χ3n) is 10.4. The lowest BCUT2D eigenvalue weighted by Crippen LogP contribution is -1.93. The third kappa shape index (κ3) is 4.01. The van der Waals surface area contributed by atoms with E-state index in [1.165, 1.54) is 0 Å². The normalized spacial score (nSPS) is 11.3. The molecular formula is C46H24N4. The quantitative estimate of drug-likeness (QED) is 0.177. The summed E-state index contributed by atoms with van der Waals surface area (Å²) in [6.07, 6.45) is 0. The molecule has 0 heterocycles. The molecule has 0 radical (unpaired) electrons. The van der Waals surface area contributed by atoms with Crippen LogP contribution < -0.4 is 0 Å². The molecule has 1 aliphatic carbocycles. The smallest absolute Gasteiger partial charge is 0.0998 e. The molecule has 0 saturated heterocycles. The van der Waals surface area contributed by atoms with E-state index in [-0.39, 0.29) is 0 Å². The van der Waals surface area contributed by atoms with Crippen LogP contribution in [0.2, 0.25) is 0 Å². The second-order valence-electron chi connectivity index (χ2n) is 13.0. The van der Waals surface area contributed by atoms with E-state index in [2.05, 4.69) is 60.7 Å². The van der Waals surface area contributed by atoms with Gasteiger partial charge in [0.1, 0.15) is 0 Å². The standard InChI is InChI=1S/C46H24N4/c1-25-14-27(21-47)6-10-31(25)38-18-44-40(34-12-8-29(23-49)16-37(34)38)17-39(32-11-7-28(22-48)15-26(32)2)43-19-41-35-5-3-4-33-30(24-50)9-13-36(46(33)35)42(41)20-45(43)44/h3-20H,1-2H3. The predicted octanol–water partition coefficient (Wildman–Crippen LogP) is 11.4. The van der Waals surface area contributed by atoms with Crippen LogP contribution in [0.4, 0.5) is 0 Å². The van der Waals surface area contributed by atoms with E-state index in [1.54, 1.807) is 0 Å². The Bertz CT molecular complexity index is 3050. The summed E-state index contributed by atoms with van der Waals surface area (Å²) in [5.74, 6) is 0. The van der Waals surface area contributed by atoms with Gasteiger partial charge < -0.3 is 0 Å². The molecule has 0 unspecified atom stereocenters. The highest BCUT2D eigenvalue weighted by Gasteiger charge is 2.25. The molecule has 0 spiro atoms. The fraction of sp³-hybridized carbons (Fsp3) is 0.0435. The van der Waals surface area contributed by atoms with Crippen LogP contribution >= 0.6 is 0 Å². The Morgan fingerprint density at radius 3 is 1.42 bits per heavy atom. The zero-order valence-corrected chi connectivity index (χ0v) is 27.2. The fourth-order valence-electron chi connectivity index (χ4n) is 8.08. The van der Waals surface area contributed by atoms with Gasteiger partial charge in [-0.1, -0.05) is 42.5 Å². The summed E-state index contributed by atoms with van der Waals surface area (Å²) in [6, 6.07) is 46.1. The van der Waals surface area contributed by atoms with Crippen molar-refractivity contribution in [3.05, 3.63) is 143 Å². The molecule has 4 heteroatoms. The van der Waals surface area contributed by atoms with Crippen molar-refractivity contribution in [2.24, 2.45) is 0 Å². The Labute approximate surface area is 288 Å². The third-order valence-corrected chi connectivity index (χ3v) is 10.4. The highest BCUT2D eigenvalue weighted by molar-refractivity contribution is 6.27. The molecular weight excluding hydrogens is 609 g/mol. The monoisotopic (exact) mass is 632 g/mol. The summed E-state index contributed by atoms with van der Waals surface area (Å²) in [6.45, 7) is 4.07. The highest BCUT2D eigenvalue weighted by atomic mass is 14.3. The summed E-state index contributed by atoms with van der Waals surface area (Å²) >= 11 is 0. The highest BCUT2D eigenvalue weighted by Crippen LogP contribution is 2.52. The number of nitrogens with zero attached hydrogens (tertiary/aromatic N) is 4. The lowest BCUT2D eigenvalue weighted by Gasteiger charge is -2.19. The van der Waals surface area contributed by atoms with Gasteiger partial charge >= 0.3 is 0 Å². The average Bonchev–Trinajstić information content (AvgIpc) is 3.47. The van der Waals surface area contributed by atoms with Crippen LogP contribution in [0.5, 0.6) is 0 Å². The van der Waals surface area contributed by atoms with Gasteiger partial charge in [0.25, 0.3) is 0 Å². The van der Waals surface area contributed by atoms with Crippen molar-refractivity contribution >= 4 is 43.1 Å². The fourth-order valence-corrected chi connectivity index (χ4v) is 8.08. The van der Waals surface area contributed by atoms with E-state index < -0.39 is 0 Å². The SMILES string of the molecule is Cc1cc(C#N)ccc1-c1cc2c3cc4c(cc3c(-c3ccc(C#N)cc3C)cc2c2ccc(C#N)cc12)-c1cccc2c(C#N)ccc-4c12. The van der Waals surface area contributed by atoms with Crippen LogP contribution in [0.15, 0.2) is 109 Å². The van der Waals surface area contributed by atoms with Gasteiger partial charge in [0.15, 0.2) is 0 Å². The lowest BCUT2D eigenvalue weighted by molar-refractivity contribution is 1.42. The van der Waals surface area contributed by atoms with Crippen molar-refractivity contribution in [3.63, 3.8) is 0 Å². The number of fused-ring (bicyclic) bond motifs is 8. The maximum absolute atomic E-state index is 9.94. The first kappa shape index (κ1) is 28.9. The number of nitriles is 4. The first-order valence-corrected chi connectivity index (χ1v) is 16.3. The van der Waals surface area contributed by atoms with Crippen LogP contribution in [0.1, 0.15) is 33.4 Å². The Hall–Kier alpha value is -7.24. The summed E-state index contributed by atoms with van der Waals surface area (Å²) in [7, 11) is 0. The largest absolute Gasteiger partial charge is 0.192 e. The molecule has 1 aliphatic rings. The topological polar surface area (TPSA) is 95.2 Å². The molecule has 4 nitrogen and oxygen atoms in total. The van der Waals surface area contributed by atoms with Crippen molar-refractivity contribution in [3.8, 4) is 68.8 Å². The van der Waals surface area contributed by atoms with Gasteiger partial charge in [-0.3, -0.25) is 0 Å². The molecule has 0 aromatic heterocycles. The van der Waals surface area contributed by atoms with Gasteiger partial charge in [-0.05, 0) is 174 Å². The number of aryl methyl sites for hydroxylation is 2. The maximum atomic E-state index is 9.94. The van der Waals surface area contributed by atoms with Crippen LogP contribution in [0.3, 0.4) is 0 Å². The number of hydrogen-bond donors (Lipinski definition) is 0. The minimum Gasteiger partial charge on any atom is -0.192 e. The van der Waals surface area contributed by atoms with Crippen LogP contribution in [0, 0.1) is 59.2 Å². The summed E-state index contributed by atoms with van der Waals surface area (Å²) in [4.78, 5) is 0. The first-order valence-electron chi connectivity index (χ1n) is 16.3. The van der Waals surface area contributed by atoms with E-state index in [9.17, 15) is 21.0 Å². The minimum atomic E-state index is 0.578. The molecule has 0 aliphatic heterocycles. The average molecular weight is 633 g/mol. The van der Waals surface area contributed by atoms with E-state index >= 15 is 0 Å². The van der Waals surface area contributed by atoms with Gasteiger partial charge in [0.2, 0.25) is 0 Å². The van der Waals surface area contributed by atoms with E-state index in [0.717, 1.165) is 98.7 Å². The van der Waals surface area contributed by atoms with Crippen LogP contribution in [0.25, 0.3) is 87.6 Å². The molecule has 0 N–H and O–H groups in total. The van der Waals surface area contributed by atoms with Gasteiger partial charge in [-0.2, -0.15) is 21.0 Å². The Balaban J connectivity index is 1.48. The first-order chi connectivity index (χ1) is 24.4. The Morgan fingerprint density at radius 2 is 0.820 bits per heavy atom. The number of benzene rings is 8. The zero-order valence-electron chi connectivity index (χ0n) is 27.2. The summed E-state index contributed by atoms with van der Waals surface area (Å²) in [5.41, 5.74) is 13.0. The predicted molar refractivity (Wildman–Crippen MR) is 200 cm³/mol. The molecule has 0 fully saturated rings. The molecule has 228 valence electrons. The van der Waals surface area contributed by atoms with Gasteiger partial charge in [-0.15, -0.1) is 0 Å².